The van der Waals surface area contributed by atoms with Crippen molar-refractivity contribution in [2.45, 2.75) is 59.5 Å². The third-order valence-electron chi connectivity index (χ3n) is 5.00. The van der Waals surface area contributed by atoms with E-state index in [-0.39, 0.29) is 17.0 Å². The monoisotopic (exact) mass is 296 g/mol. The lowest BCUT2D eigenvalue weighted by molar-refractivity contribution is -0.141. The second-order valence-corrected chi connectivity index (χ2v) is 8.58. The molecule has 4 nitrogen and oxygen atoms in total. The van der Waals surface area contributed by atoms with Crippen molar-refractivity contribution in [2.75, 3.05) is 32.8 Å². The number of carbonyl (C=O) groups excluding carboxylic acids is 1. The van der Waals surface area contributed by atoms with Crippen LogP contribution in [-0.4, -0.2) is 60.1 Å². The van der Waals surface area contributed by atoms with Crippen LogP contribution in [0.2, 0.25) is 0 Å². The lowest BCUT2D eigenvalue weighted by Gasteiger charge is -2.39. The minimum Gasteiger partial charge on any atom is -0.378 e. The first-order valence-corrected chi connectivity index (χ1v) is 8.24. The van der Waals surface area contributed by atoms with Crippen molar-refractivity contribution >= 4 is 5.91 Å². The van der Waals surface area contributed by atoms with Crippen molar-refractivity contribution in [3.63, 3.8) is 0 Å². The summed E-state index contributed by atoms with van der Waals surface area (Å²) in [6.45, 7) is 17.4. The van der Waals surface area contributed by atoms with E-state index in [2.05, 4.69) is 46.4 Å². The Labute approximate surface area is 129 Å². The van der Waals surface area contributed by atoms with Crippen LogP contribution in [0.5, 0.6) is 0 Å². The number of likely N-dealkylation sites (tertiary alicyclic amines) is 1. The van der Waals surface area contributed by atoms with Crippen molar-refractivity contribution in [3.05, 3.63) is 0 Å². The maximum atomic E-state index is 13.0. The topological polar surface area (TPSA) is 32.8 Å². The molecule has 1 amide bonds. The van der Waals surface area contributed by atoms with Gasteiger partial charge in [0, 0.05) is 25.2 Å². The van der Waals surface area contributed by atoms with Gasteiger partial charge in [-0.1, -0.05) is 20.8 Å². The molecule has 0 aromatic heterocycles. The molecule has 0 bridgehead atoms. The fourth-order valence-electron chi connectivity index (χ4n) is 3.43. The highest BCUT2D eigenvalue weighted by molar-refractivity contribution is 5.82. The van der Waals surface area contributed by atoms with Crippen LogP contribution in [0, 0.1) is 11.3 Å². The van der Waals surface area contributed by atoms with Gasteiger partial charge in [0.2, 0.25) is 5.91 Å². The van der Waals surface area contributed by atoms with Crippen LogP contribution in [0.15, 0.2) is 0 Å². The molecular weight excluding hydrogens is 264 g/mol. The quantitative estimate of drug-likeness (QED) is 0.745. The van der Waals surface area contributed by atoms with Crippen molar-refractivity contribution in [1.29, 1.82) is 0 Å². The Balaban J connectivity index is 2.16. The highest BCUT2D eigenvalue weighted by atomic mass is 16.5. The molecule has 21 heavy (non-hydrogen) atoms. The lowest BCUT2D eigenvalue weighted by atomic mass is 9.79. The molecule has 2 saturated heterocycles. The average molecular weight is 296 g/mol. The molecule has 2 aliphatic rings. The first-order valence-electron chi connectivity index (χ1n) is 8.24. The van der Waals surface area contributed by atoms with Gasteiger partial charge < -0.3 is 9.64 Å². The van der Waals surface area contributed by atoms with Crippen LogP contribution in [0.25, 0.3) is 0 Å². The summed E-state index contributed by atoms with van der Waals surface area (Å²) in [4.78, 5) is 17.4. The van der Waals surface area contributed by atoms with Crippen molar-refractivity contribution in [1.82, 2.24) is 9.80 Å². The Morgan fingerprint density at radius 3 is 2.10 bits per heavy atom. The normalized spacial score (nSPS) is 29.0. The van der Waals surface area contributed by atoms with Crippen molar-refractivity contribution < 1.29 is 9.53 Å². The van der Waals surface area contributed by atoms with E-state index in [0.717, 1.165) is 26.1 Å². The molecule has 2 unspecified atom stereocenters. The largest absolute Gasteiger partial charge is 0.378 e. The predicted octanol–water partition coefficient (Wildman–Crippen LogP) is 2.38. The second kappa shape index (κ2) is 5.88. The molecule has 0 radical (unpaired) electrons. The van der Waals surface area contributed by atoms with E-state index in [9.17, 15) is 4.79 Å². The Hall–Kier alpha value is -0.610. The summed E-state index contributed by atoms with van der Waals surface area (Å²) in [5.74, 6) is 0.881. The number of nitrogens with zero attached hydrogens (tertiary/aromatic N) is 2. The summed E-state index contributed by atoms with van der Waals surface area (Å²) < 4.78 is 5.37. The van der Waals surface area contributed by atoms with E-state index in [1.54, 1.807) is 0 Å². The standard InChI is InChI=1S/C17H32N2O2/c1-16(2,3)13-11-14(19(12-13)17(4,5)6)15(20)18-7-9-21-10-8-18/h13-14H,7-12H2,1-6H3. The average Bonchev–Trinajstić information content (AvgIpc) is 2.83. The SMILES string of the molecule is CC(C)(C)C1CC(C(=O)N2CCOCC2)N(C(C)(C)C)C1. The van der Waals surface area contributed by atoms with Gasteiger partial charge in [-0.3, -0.25) is 9.69 Å². The Bertz CT molecular complexity index is 375. The molecule has 2 aliphatic heterocycles. The maximum Gasteiger partial charge on any atom is 0.240 e. The molecule has 2 rings (SSSR count). The highest BCUT2D eigenvalue weighted by Gasteiger charge is 2.46. The molecule has 0 spiro atoms. The zero-order valence-corrected chi connectivity index (χ0v) is 14.6. The molecule has 0 saturated carbocycles. The molecule has 0 N–H and O–H groups in total. The number of amides is 1. The van der Waals surface area contributed by atoms with Gasteiger partial charge in [0.25, 0.3) is 0 Å². The van der Waals surface area contributed by atoms with E-state index >= 15 is 0 Å². The van der Waals surface area contributed by atoms with E-state index < -0.39 is 0 Å². The number of carbonyl (C=O) groups is 1. The highest BCUT2D eigenvalue weighted by Crippen LogP contribution is 2.40. The fourth-order valence-corrected chi connectivity index (χ4v) is 3.43. The second-order valence-electron chi connectivity index (χ2n) is 8.58. The summed E-state index contributed by atoms with van der Waals surface area (Å²) in [6.07, 6.45) is 0.983. The molecule has 0 aliphatic carbocycles. The first-order chi connectivity index (χ1) is 9.60. The lowest BCUT2D eigenvalue weighted by Crippen LogP contribution is -2.54. The van der Waals surface area contributed by atoms with Gasteiger partial charge >= 0.3 is 0 Å². The summed E-state index contributed by atoms with van der Waals surface area (Å²) in [5.41, 5.74) is 0.288. The fraction of sp³-hybridized carbons (Fsp3) is 0.941. The number of ether oxygens (including phenoxy) is 1. The Morgan fingerprint density at radius 1 is 1.05 bits per heavy atom. The number of morpholine rings is 1. The zero-order valence-electron chi connectivity index (χ0n) is 14.6. The zero-order chi connectivity index (χ0) is 15.8. The molecule has 2 fully saturated rings. The van der Waals surface area contributed by atoms with E-state index in [1.807, 2.05) is 4.90 Å². The molecule has 122 valence electrons. The van der Waals surface area contributed by atoms with Crippen LogP contribution < -0.4 is 0 Å². The van der Waals surface area contributed by atoms with Gasteiger partial charge in [-0.15, -0.1) is 0 Å². The van der Waals surface area contributed by atoms with Crippen LogP contribution >= 0.6 is 0 Å². The van der Waals surface area contributed by atoms with Gasteiger partial charge in [-0.2, -0.15) is 0 Å². The van der Waals surface area contributed by atoms with Crippen molar-refractivity contribution in [2.24, 2.45) is 11.3 Å². The smallest absolute Gasteiger partial charge is 0.240 e. The third kappa shape index (κ3) is 3.78. The van der Waals surface area contributed by atoms with E-state index in [4.69, 9.17) is 4.74 Å². The predicted molar refractivity (Wildman–Crippen MR) is 85.2 cm³/mol. The molecule has 2 atom stereocenters. The van der Waals surface area contributed by atoms with Crippen LogP contribution in [-0.2, 0) is 9.53 Å². The molecule has 0 aromatic rings. The van der Waals surface area contributed by atoms with Crippen molar-refractivity contribution in [3.8, 4) is 0 Å². The van der Waals surface area contributed by atoms with Gasteiger partial charge in [0.05, 0.1) is 19.3 Å². The Morgan fingerprint density at radius 2 is 1.62 bits per heavy atom. The van der Waals surface area contributed by atoms with Gasteiger partial charge in [0.15, 0.2) is 0 Å². The van der Waals surface area contributed by atoms with E-state index in [1.165, 1.54) is 0 Å². The molecular formula is C17H32N2O2. The van der Waals surface area contributed by atoms with Crippen LogP contribution in [0.1, 0.15) is 48.0 Å². The van der Waals surface area contributed by atoms with E-state index in [0.29, 0.717) is 25.0 Å². The van der Waals surface area contributed by atoms with Gasteiger partial charge in [0.1, 0.15) is 0 Å². The first kappa shape index (κ1) is 16.8. The minimum absolute atomic E-state index is 0.0343. The number of rotatable bonds is 1. The molecule has 0 aromatic carbocycles. The minimum atomic E-state index is 0.0343. The summed E-state index contributed by atoms with van der Waals surface area (Å²) >= 11 is 0. The summed E-state index contributed by atoms with van der Waals surface area (Å²) in [7, 11) is 0. The van der Waals surface area contributed by atoms with Gasteiger partial charge in [-0.05, 0) is 38.5 Å². The Kier molecular flexibility index (Phi) is 4.69. The van der Waals surface area contributed by atoms with Gasteiger partial charge in [-0.25, -0.2) is 0 Å². The molecule has 4 heteroatoms. The van der Waals surface area contributed by atoms with Crippen LogP contribution in [0.3, 0.4) is 0 Å². The summed E-state index contributed by atoms with van der Waals surface area (Å²) in [5, 5.41) is 0. The third-order valence-corrected chi connectivity index (χ3v) is 5.00. The number of hydrogen-bond donors (Lipinski definition) is 0. The number of hydrogen-bond acceptors (Lipinski definition) is 3. The summed E-state index contributed by atoms with van der Waals surface area (Å²) in [6, 6.07) is 0.0346. The molecule has 2 heterocycles. The maximum absolute atomic E-state index is 13.0. The van der Waals surface area contributed by atoms with Crippen LogP contribution in [0.4, 0.5) is 0 Å².